The third-order valence-corrected chi connectivity index (χ3v) is 2.82. The highest BCUT2D eigenvalue weighted by Gasteiger charge is 2.13. The summed E-state index contributed by atoms with van der Waals surface area (Å²) in [6.07, 6.45) is 0.470. The first-order chi connectivity index (χ1) is 8.40. The van der Waals surface area contributed by atoms with Crippen molar-refractivity contribution in [2.75, 3.05) is 6.61 Å². The smallest absolute Gasteiger partial charge is 0.330 e. The van der Waals surface area contributed by atoms with Crippen molar-refractivity contribution in [2.24, 2.45) is 0 Å². The fourth-order valence-corrected chi connectivity index (χ4v) is 1.87. The van der Waals surface area contributed by atoms with Crippen LogP contribution in [0.3, 0.4) is 0 Å². The van der Waals surface area contributed by atoms with Gasteiger partial charge in [-0.15, -0.1) is 0 Å². The number of nitrogens with zero attached hydrogens (tertiary/aromatic N) is 1. The van der Waals surface area contributed by atoms with Gasteiger partial charge in [-0.2, -0.15) is 0 Å². The van der Waals surface area contributed by atoms with Crippen LogP contribution < -0.4 is 11.2 Å². The lowest BCUT2D eigenvalue weighted by Crippen LogP contribution is -2.33. The van der Waals surface area contributed by atoms with E-state index < -0.39 is 25.1 Å². The molecule has 1 aromatic heterocycles. The minimum atomic E-state index is -1.72. The molecule has 1 heterocycles. The summed E-state index contributed by atoms with van der Waals surface area (Å²) in [5, 5.41) is 0. The minimum absolute atomic E-state index is 0.161. The first-order valence-corrected chi connectivity index (χ1v) is 7.54. The second-order valence-electron chi connectivity index (χ2n) is 3.61. The average molecular weight is 294 g/mol. The molecule has 3 unspecified atom stereocenters. The zero-order valence-electron chi connectivity index (χ0n) is 9.94. The summed E-state index contributed by atoms with van der Waals surface area (Å²) < 4.78 is 11.6. The Bertz CT molecular complexity index is 488. The van der Waals surface area contributed by atoms with Crippen LogP contribution in [-0.2, 0) is 9.26 Å². The zero-order chi connectivity index (χ0) is 13.7. The highest BCUT2D eigenvalue weighted by molar-refractivity contribution is 8.41. The summed E-state index contributed by atoms with van der Waals surface area (Å²) >= 11 is 3.71. The van der Waals surface area contributed by atoms with Gasteiger partial charge in [0.15, 0.2) is 0 Å². The van der Waals surface area contributed by atoms with Crippen molar-refractivity contribution in [3.63, 3.8) is 0 Å². The van der Waals surface area contributed by atoms with E-state index in [1.165, 1.54) is 16.8 Å². The van der Waals surface area contributed by atoms with Gasteiger partial charge in [0.1, 0.15) is 6.23 Å². The van der Waals surface area contributed by atoms with Crippen LogP contribution in [0.1, 0.15) is 20.1 Å². The van der Waals surface area contributed by atoms with E-state index >= 15 is 0 Å². The van der Waals surface area contributed by atoms with Crippen molar-refractivity contribution in [2.45, 2.75) is 26.2 Å². The average Bonchev–Trinajstić information content (AvgIpc) is 2.26. The van der Waals surface area contributed by atoms with Gasteiger partial charge in [0.25, 0.3) is 5.56 Å². The standard InChI is InChI=1S/C9H15N2O5PS/c1-6(5-15-17(14)18)16-7(2)11-4-3-8(12)10-9(11)13/h3-4,6-7,14,18H,5H2,1-2H3,(H,10,12,13). The topological polar surface area (TPSA) is 93.5 Å². The fraction of sp³-hybridized carbons (Fsp3) is 0.556. The summed E-state index contributed by atoms with van der Waals surface area (Å²) in [7, 11) is -1.72. The highest BCUT2D eigenvalue weighted by Crippen LogP contribution is 2.36. The summed E-state index contributed by atoms with van der Waals surface area (Å²) in [6.45, 7) is 3.56. The first kappa shape index (κ1) is 15.4. The number of thiol groups is 1. The van der Waals surface area contributed by atoms with E-state index in [0.717, 1.165) is 0 Å². The summed E-state index contributed by atoms with van der Waals surface area (Å²) in [5.74, 6) is 0. The van der Waals surface area contributed by atoms with Gasteiger partial charge in [0.2, 0.25) is 7.58 Å². The fourth-order valence-electron chi connectivity index (χ4n) is 1.33. The molecule has 3 atom stereocenters. The van der Waals surface area contributed by atoms with Crippen molar-refractivity contribution in [3.8, 4) is 0 Å². The highest BCUT2D eigenvalue weighted by atomic mass is 32.7. The number of aromatic nitrogens is 2. The molecule has 1 rings (SSSR count). The molecule has 0 amide bonds. The molecule has 0 radical (unpaired) electrons. The van der Waals surface area contributed by atoms with Gasteiger partial charge in [-0.05, 0) is 13.8 Å². The molecule has 0 fully saturated rings. The molecule has 0 saturated heterocycles. The Morgan fingerprint density at radius 3 is 2.78 bits per heavy atom. The maximum Gasteiger partial charge on any atom is 0.330 e. The number of hydrogen-bond donors (Lipinski definition) is 3. The Morgan fingerprint density at radius 1 is 1.56 bits per heavy atom. The Hall–Kier alpha value is -0.660. The van der Waals surface area contributed by atoms with E-state index in [0.29, 0.717) is 0 Å². The molecule has 0 bridgehead atoms. The van der Waals surface area contributed by atoms with Crippen molar-refractivity contribution in [1.82, 2.24) is 9.55 Å². The van der Waals surface area contributed by atoms with E-state index in [-0.39, 0.29) is 12.7 Å². The summed E-state index contributed by atoms with van der Waals surface area (Å²) in [6, 6.07) is 1.24. The lowest BCUT2D eigenvalue weighted by molar-refractivity contribution is -0.0531. The van der Waals surface area contributed by atoms with Crippen LogP contribution in [0.15, 0.2) is 21.9 Å². The Morgan fingerprint density at radius 2 is 2.22 bits per heavy atom. The van der Waals surface area contributed by atoms with Crippen LogP contribution in [0.5, 0.6) is 0 Å². The molecule has 18 heavy (non-hydrogen) atoms. The largest absolute Gasteiger partial charge is 0.353 e. The molecule has 0 aliphatic rings. The zero-order valence-corrected chi connectivity index (χ0v) is 11.7. The maximum absolute atomic E-state index is 11.5. The number of nitrogens with one attached hydrogen (secondary N) is 1. The van der Waals surface area contributed by atoms with Crippen LogP contribution >= 0.6 is 19.8 Å². The second-order valence-corrected chi connectivity index (χ2v) is 5.40. The molecule has 0 aliphatic heterocycles. The maximum atomic E-state index is 11.5. The molecule has 2 N–H and O–H groups in total. The summed E-state index contributed by atoms with van der Waals surface area (Å²) in [4.78, 5) is 33.4. The van der Waals surface area contributed by atoms with Crippen LogP contribution in [0.2, 0.25) is 0 Å². The van der Waals surface area contributed by atoms with Crippen molar-refractivity contribution >= 4 is 19.8 Å². The molecule has 0 aromatic carbocycles. The molecular formula is C9H15N2O5PS. The first-order valence-electron chi connectivity index (χ1n) is 5.18. The predicted molar refractivity (Wildman–Crippen MR) is 70.7 cm³/mol. The number of hydrogen-bond acceptors (Lipinski definition) is 6. The SMILES string of the molecule is CC(COP(O)S)OC(C)n1ccc(=O)[nH]c1=O. The van der Waals surface area contributed by atoms with E-state index in [2.05, 4.69) is 17.2 Å². The van der Waals surface area contributed by atoms with Gasteiger partial charge >= 0.3 is 5.69 Å². The number of aromatic amines is 1. The van der Waals surface area contributed by atoms with Gasteiger partial charge in [0, 0.05) is 12.3 Å². The van der Waals surface area contributed by atoms with Gasteiger partial charge in [-0.25, -0.2) is 4.79 Å². The van der Waals surface area contributed by atoms with Crippen molar-refractivity contribution < 1.29 is 14.2 Å². The number of ether oxygens (including phenoxy) is 1. The Balaban J connectivity index is 2.62. The Kier molecular flexibility index (Phi) is 6.04. The van der Waals surface area contributed by atoms with Crippen molar-refractivity contribution in [3.05, 3.63) is 33.1 Å². The molecule has 0 saturated carbocycles. The molecule has 7 nitrogen and oxygen atoms in total. The molecule has 1 aromatic rings. The van der Waals surface area contributed by atoms with Gasteiger partial charge < -0.3 is 14.2 Å². The van der Waals surface area contributed by atoms with Gasteiger partial charge in [-0.1, -0.05) is 12.2 Å². The van der Waals surface area contributed by atoms with E-state index in [1.807, 2.05) is 0 Å². The third kappa shape index (κ3) is 4.91. The normalized spacial score (nSPS) is 16.2. The van der Waals surface area contributed by atoms with E-state index in [1.54, 1.807) is 13.8 Å². The number of H-pyrrole nitrogens is 1. The van der Waals surface area contributed by atoms with Gasteiger partial charge in [-0.3, -0.25) is 14.3 Å². The summed E-state index contributed by atoms with van der Waals surface area (Å²) in [5.41, 5.74) is -0.998. The molecular weight excluding hydrogens is 279 g/mol. The quantitative estimate of drug-likeness (QED) is 0.528. The molecule has 0 spiro atoms. The third-order valence-electron chi connectivity index (χ3n) is 2.10. The van der Waals surface area contributed by atoms with Gasteiger partial charge in [0.05, 0.1) is 12.7 Å². The lowest BCUT2D eigenvalue weighted by Gasteiger charge is -2.20. The van der Waals surface area contributed by atoms with Crippen LogP contribution in [-0.4, -0.2) is 27.2 Å². The second kappa shape index (κ2) is 7.06. The molecule has 102 valence electrons. The molecule has 0 aliphatic carbocycles. The van der Waals surface area contributed by atoms with Crippen LogP contribution in [0.4, 0.5) is 0 Å². The van der Waals surface area contributed by atoms with Crippen LogP contribution in [0.25, 0.3) is 0 Å². The van der Waals surface area contributed by atoms with E-state index in [9.17, 15) is 9.59 Å². The van der Waals surface area contributed by atoms with Crippen LogP contribution in [0, 0.1) is 0 Å². The number of rotatable bonds is 6. The molecule has 9 heteroatoms. The minimum Gasteiger partial charge on any atom is -0.353 e. The Labute approximate surface area is 110 Å². The predicted octanol–water partition coefficient (Wildman–Crippen LogP) is 0.626. The van der Waals surface area contributed by atoms with Crippen molar-refractivity contribution in [1.29, 1.82) is 0 Å². The monoisotopic (exact) mass is 294 g/mol. The lowest BCUT2D eigenvalue weighted by atomic mass is 10.4. The van der Waals surface area contributed by atoms with E-state index in [4.69, 9.17) is 14.2 Å².